The molecule has 0 saturated carbocycles. The number of hydrogen-bond donors (Lipinski definition) is 4. The fourth-order valence-electron chi connectivity index (χ4n) is 1.86. The van der Waals surface area contributed by atoms with Gasteiger partial charge in [-0.1, -0.05) is 6.42 Å². The lowest BCUT2D eigenvalue weighted by atomic mass is 10.0. The van der Waals surface area contributed by atoms with Crippen LogP contribution in [0.1, 0.15) is 32.6 Å². The van der Waals surface area contributed by atoms with Crippen LogP contribution in [0.3, 0.4) is 0 Å². The van der Waals surface area contributed by atoms with E-state index in [1.54, 1.807) is 0 Å². The minimum Gasteiger partial charge on any atom is -0.481 e. The molecule has 0 radical (unpaired) electrons. The van der Waals surface area contributed by atoms with E-state index in [4.69, 9.17) is 5.11 Å². The molecule has 1 rings (SSSR count). The number of carbonyl (C=O) groups is 2. The van der Waals surface area contributed by atoms with Gasteiger partial charge in [-0.05, 0) is 26.3 Å². The third-order valence-electron chi connectivity index (χ3n) is 2.80. The Morgan fingerprint density at radius 1 is 1.47 bits per heavy atom. The Bertz CT molecular complexity index is 285. The zero-order chi connectivity index (χ0) is 12.9. The lowest BCUT2D eigenvalue weighted by molar-refractivity contribution is -0.142. The molecule has 1 saturated heterocycles. The van der Waals surface area contributed by atoms with Gasteiger partial charge >= 0.3 is 5.97 Å². The highest BCUT2D eigenvalue weighted by molar-refractivity contribution is 5.82. The molecule has 6 nitrogen and oxygen atoms in total. The summed E-state index contributed by atoms with van der Waals surface area (Å²) in [6, 6.07) is -0.218. The van der Waals surface area contributed by atoms with Crippen LogP contribution in [0.4, 0.5) is 0 Å². The Hall–Kier alpha value is -1.14. The number of aliphatic hydroxyl groups is 1. The van der Waals surface area contributed by atoms with Crippen LogP contribution in [-0.2, 0) is 9.59 Å². The van der Waals surface area contributed by atoms with Crippen molar-refractivity contribution in [2.75, 3.05) is 13.1 Å². The second-order valence-electron chi connectivity index (χ2n) is 4.79. The number of rotatable bonds is 5. The van der Waals surface area contributed by atoms with Gasteiger partial charge in [0.1, 0.15) is 0 Å². The predicted molar refractivity (Wildman–Crippen MR) is 61.5 cm³/mol. The number of aliphatic carboxylic acids is 1. The lowest BCUT2D eigenvalue weighted by Gasteiger charge is -2.26. The van der Waals surface area contributed by atoms with Crippen molar-refractivity contribution in [1.82, 2.24) is 10.6 Å². The van der Waals surface area contributed by atoms with Gasteiger partial charge in [-0.3, -0.25) is 9.59 Å². The smallest absolute Gasteiger partial charge is 0.306 e. The molecule has 98 valence electrons. The molecule has 0 aromatic carbocycles. The largest absolute Gasteiger partial charge is 0.481 e. The third-order valence-corrected chi connectivity index (χ3v) is 2.80. The highest BCUT2D eigenvalue weighted by atomic mass is 16.4. The molecule has 4 N–H and O–H groups in total. The van der Waals surface area contributed by atoms with E-state index in [2.05, 4.69) is 10.6 Å². The maximum Gasteiger partial charge on any atom is 0.306 e. The molecule has 1 heterocycles. The van der Waals surface area contributed by atoms with Gasteiger partial charge in [-0.15, -0.1) is 0 Å². The van der Waals surface area contributed by atoms with Gasteiger partial charge in [-0.25, -0.2) is 0 Å². The van der Waals surface area contributed by atoms with Crippen LogP contribution >= 0.6 is 0 Å². The van der Waals surface area contributed by atoms with Gasteiger partial charge < -0.3 is 20.8 Å². The van der Waals surface area contributed by atoms with Crippen LogP contribution in [0.15, 0.2) is 0 Å². The van der Waals surface area contributed by atoms with Crippen LogP contribution in [0, 0.1) is 0 Å². The van der Waals surface area contributed by atoms with Gasteiger partial charge in [0.2, 0.25) is 5.91 Å². The molecule has 6 heteroatoms. The van der Waals surface area contributed by atoms with Gasteiger partial charge in [0, 0.05) is 6.54 Å². The molecule has 0 aromatic rings. The number of amides is 1. The Labute approximate surface area is 100 Å². The summed E-state index contributed by atoms with van der Waals surface area (Å²) < 4.78 is 0. The molecule has 0 bridgehead atoms. The van der Waals surface area contributed by atoms with E-state index in [0.717, 1.165) is 25.8 Å². The van der Waals surface area contributed by atoms with E-state index in [1.807, 2.05) is 0 Å². The number of carbonyl (C=O) groups excluding carboxylic acids is 1. The Kier molecular flexibility index (Phi) is 4.89. The number of nitrogens with one attached hydrogen (secondary N) is 2. The maximum absolute atomic E-state index is 11.7. The highest BCUT2D eigenvalue weighted by Gasteiger charge is 2.27. The van der Waals surface area contributed by atoms with Crippen LogP contribution in [0.5, 0.6) is 0 Å². The van der Waals surface area contributed by atoms with E-state index in [0.29, 0.717) is 0 Å². The van der Waals surface area contributed by atoms with Gasteiger partial charge in [0.15, 0.2) is 0 Å². The van der Waals surface area contributed by atoms with E-state index in [9.17, 15) is 14.7 Å². The summed E-state index contributed by atoms with van der Waals surface area (Å²) >= 11 is 0. The summed E-state index contributed by atoms with van der Waals surface area (Å²) in [5.41, 5.74) is -1.41. The molecular weight excluding hydrogens is 224 g/mol. The quantitative estimate of drug-likeness (QED) is 0.521. The normalized spacial score (nSPS) is 23.8. The maximum atomic E-state index is 11.7. The third kappa shape index (κ3) is 5.14. The summed E-state index contributed by atoms with van der Waals surface area (Å²) in [6.07, 6.45) is 2.48. The first-order chi connectivity index (χ1) is 7.91. The van der Waals surface area contributed by atoms with Crippen LogP contribution < -0.4 is 10.6 Å². The minimum atomic E-state index is -1.41. The molecule has 2 unspecified atom stereocenters. The molecule has 0 spiro atoms. The Balaban J connectivity index is 2.33. The van der Waals surface area contributed by atoms with Gasteiger partial charge in [0.05, 0.1) is 18.1 Å². The summed E-state index contributed by atoms with van der Waals surface area (Å²) in [6.45, 7) is 2.18. The first kappa shape index (κ1) is 13.9. The van der Waals surface area contributed by atoms with Crippen molar-refractivity contribution < 1.29 is 19.8 Å². The SMILES string of the molecule is CC(O)(CNC(=O)C1CCCCN1)CC(=O)O. The number of carboxylic acid groups (broad SMARTS) is 1. The van der Waals surface area contributed by atoms with Crippen molar-refractivity contribution in [3.8, 4) is 0 Å². The topological polar surface area (TPSA) is 98.7 Å². The second-order valence-corrected chi connectivity index (χ2v) is 4.79. The molecule has 0 aromatic heterocycles. The van der Waals surface area contributed by atoms with Gasteiger partial charge in [-0.2, -0.15) is 0 Å². The molecule has 1 aliphatic rings. The Morgan fingerprint density at radius 3 is 2.71 bits per heavy atom. The molecule has 0 aliphatic carbocycles. The van der Waals surface area contributed by atoms with Crippen molar-refractivity contribution in [3.05, 3.63) is 0 Å². The fourth-order valence-corrected chi connectivity index (χ4v) is 1.86. The van der Waals surface area contributed by atoms with Gasteiger partial charge in [0.25, 0.3) is 0 Å². The first-order valence-corrected chi connectivity index (χ1v) is 5.86. The van der Waals surface area contributed by atoms with E-state index >= 15 is 0 Å². The Morgan fingerprint density at radius 2 is 2.18 bits per heavy atom. The molecule has 2 atom stereocenters. The average Bonchev–Trinajstić information content (AvgIpc) is 2.25. The zero-order valence-electron chi connectivity index (χ0n) is 10.0. The number of piperidine rings is 1. The van der Waals surface area contributed by atoms with Crippen LogP contribution in [0.2, 0.25) is 0 Å². The monoisotopic (exact) mass is 244 g/mol. The average molecular weight is 244 g/mol. The van der Waals surface area contributed by atoms with E-state index < -0.39 is 11.6 Å². The molecule has 1 amide bonds. The fraction of sp³-hybridized carbons (Fsp3) is 0.818. The van der Waals surface area contributed by atoms with Crippen molar-refractivity contribution in [1.29, 1.82) is 0 Å². The molecule has 1 fully saturated rings. The lowest BCUT2D eigenvalue weighted by Crippen LogP contribution is -2.50. The summed E-state index contributed by atoms with van der Waals surface area (Å²) in [7, 11) is 0. The summed E-state index contributed by atoms with van der Waals surface area (Å²) in [5, 5.41) is 24.0. The molecule has 1 aliphatic heterocycles. The molecular formula is C11H20N2O4. The highest BCUT2D eigenvalue weighted by Crippen LogP contribution is 2.09. The van der Waals surface area contributed by atoms with Crippen LogP contribution in [0.25, 0.3) is 0 Å². The molecule has 17 heavy (non-hydrogen) atoms. The van der Waals surface area contributed by atoms with E-state index in [1.165, 1.54) is 6.92 Å². The van der Waals surface area contributed by atoms with Crippen molar-refractivity contribution in [3.63, 3.8) is 0 Å². The summed E-state index contributed by atoms with van der Waals surface area (Å²) in [4.78, 5) is 22.2. The van der Waals surface area contributed by atoms with E-state index in [-0.39, 0.29) is 24.9 Å². The minimum absolute atomic E-state index is 0.0453. The number of carboxylic acids is 1. The van der Waals surface area contributed by atoms with Crippen LogP contribution in [-0.4, -0.2) is 46.8 Å². The standard InChI is InChI=1S/C11H20N2O4/c1-11(17,6-9(14)15)7-13-10(16)8-4-2-3-5-12-8/h8,12,17H,2-7H2,1H3,(H,13,16)(H,14,15). The second kappa shape index (κ2) is 5.97. The summed E-state index contributed by atoms with van der Waals surface area (Å²) in [5.74, 6) is -1.25. The van der Waals surface area contributed by atoms with Crippen molar-refractivity contribution in [2.24, 2.45) is 0 Å². The zero-order valence-corrected chi connectivity index (χ0v) is 10.0. The van der Waals surface area contributed by atoms with Crippen molar-refractivity contribution >= 4 is 11.9 Å². The number of hydrogen-bond acceptors (Lipinski definition) is 4. The first-order valence-electron chi connectivity index (χ1n) is 5.86. The van der Waals surface area contributed by atoms with Crippen molar-refractivity contribution in [2.45, 2.75) is 44.2 Å². The predicted octanol–water partition coefficient (Wildman–Crippen LogP) is -0.530.